The quantitative estimate of drug-likeness (QED) is 0.603. The number of benzene rings is 1. The Kier molecular flexibility index (Phi) is 3.42. The lowest BCUT2D eigenvalue weighted by Crippen LogP contribution is -2.08. The number of rotatable bonds is 4. The Morgan fingerprint density at radius 3 is 2.96 bits per heavy atom. The number of nitrogens with zero attached hydrogens (tertiary/aromatic N) is 5. The van der Waals surface area contributed by atoms with Gasteiger partial charge >= 0.3 is 0 Å². The Morgan fingerprint density at radius 1 is 1.21 bits per heavy atom. The van der Waals surface area contributed by atoms with Gasteiger partial charge in [0.25, 0.3) is 0 Å². The molecule has 2 N–H and O–H groups in total. The van der Waals surface area contributed by atoms with Crippen molar-refractivity contribution in [1.82, 2.24) is 29.7 Å². The number of para-hydroxylation sites is 1. The molecule has 4 aromatic rings. The summed E-state index contributed by atoms with van der Waals surface area (Å²) in [5.41, 5.74) is 2.65. The van der Waals surface area contributed by atoms with Gasteiger partial charge in [0.2, 0.25) is 0 Å². The van der Waals surface area contributed by atoms with Crippen LogP contribution in [0.25, 0.3) is 16.9 Å². The normalized spacial score (nSPS) is 12.4. The molecule has 24 heavy (non-hydrogen) atoms. The molecule has 0 spiro atoms. The highest BCUT2D eigenvalue weighted by Crippen LogP contribution is 2.22. The second kappa shape index (κ2) is 5.73. The van der Waals surface area contributed by atoms with Crippen LogP contribution in [-0.2, 0) is 0 Å². The number of hydrogen-bond acceptors (Lipinski definition) is 5. The molecule has 1 atom stereocenters. The topological polar surface area (TPSA) is 84.3 Å². The summed E-state index contributed by atoms with van der Waals surface area (Å²) in [6.45, 7) is 1.98. The summed E-state index contributed by atoms with van der Waals surface area (Å²) in [6.07, 6.45) is 6.54. The molecule has 8 heteroatoms. The molecule has 0 bridgehead atoms. The molecular formula is C16H14FN7. The summed E-state index contributed by atoms with van der Waals surface area (Å²) in [4.78, 5) is 15.5. The van der Waals surface area contributed by atoms with Crippen LogP contribution in [0.4, 0.5) is 10.2 Å². The van der Waals surface area contributed by atoms with Crippen molar-refractivity contribution >= 4 is 17.0 Å². The van der Waals surface area contributed by atoms with E-state index in [1.54, 1.807) is 36.9 Å². The lowest BCUT2D eigenvalue weighted by Gasteiger charge is -2.12. The van der Waals surface area contributed by atoms with Crippen LogP contribution in [0.1, 0.15) is 18.5 Å². The Hall–Kier alpha value is -3.29. The molecule has 3 heterocycles. The Balaban J connectivity index is 1.61. The van der Waals surface area contributed by atoms with Gasteiger partial charge in [0, 0.05) is 11.8 Å². The number of halogens is 1. The van der Waals surface area contributed by atoms with Crippen LogP contribution in [0.2, 0.25) is 0 Å². The van der Waals surface area contributed by atoms with Gasteiger partial charge in [0.15, 0.2) is 11.5 Å². The van der Waals surface area contributed by atoms with E-state index in [0.717, 1.165) is 5.56 Å². The molecule has 1 unspecified atom stereocenters. The predicted octanol–water partition coefficient (Wildman–Crippen LogP) is 2.85. The van der Waals surface area contributed by atoms with E-state index in [0.29, 0.717) is 22.7 Å². The van der Waals surface area contributed by atoms with Gasteiger partial charge in [-0.3, -0.25) is 0 Å². The number of aromatic nitrogens is 6. The molecule has 0 aliphatic heterocycles. The van der Waals surface area contributed by atoms with Crippen molar-refractivity contribution in [2.75, 3.05) is 5.32 Å². The molecule has 0 aliphatic carbocycles. The molecule has 7 nitrogen and oxygen atoms in total. The van der Waals surface area contributed by atoms with Crippen LogP contribution in [0.5, 0.6) is 0 Å². The van der Waals surface area contributed by atoms with Gasteiger partial charge in [-0.1, -0.05) is 12.1 Å². The first-order valence-corrected chi connectivity index (χ1v) is 7.42. The minimum Gasteiger partial charge on any atom is -0.361 e. The molecule has 0 saturated carbocycles. The van der Waals surface area contributed by atoms with E-state index in [2.05, 4.69) is 30.4 Å². The monoisotopic (exact) mass is 323 g/mol. The first-order chi connectivity index (χ1) is 11.7. The summed E-state index contributed by atoms with van der Waals surface area (Å²) in [5, 5.41) is 7.53. The van der Waals surface area contributed by atoms with Gasteiger partial charge < -0.3 is 10.3 Å². The van der Waals surface area contributed by atoms with E-state index >= 15 is 0 Å². The Morgan fingerprint density at radius 2 is 2.08 bits per heavy atom. The van der Waals surface area contributed by atoms with Gasteiger partial charge in [-0.15, -0.1) is 0 Å². The molecule has 0 saturated heterocycles. The number of fused-ring (bicyclic) bond motifs is 1. The summed E-state index contributed by atoms with van der Waals surface area (Å²) in [6, 6.07) is 6.43. The highest BCUT2D eigenvalue weighted by molar-refractivity contribution is 5.82. The van der Waals surface area contributed by atoms with Crippen LogP contribution in [0.3, 0.4) is 0 Å². The van der Waals surface area contributed by atoms with Crippen LogP contribution in [0, 0.1) is 5.82 Å². The van der Waals surface area contributed by atoms with Crippen molar-refractivity contribution in [3.8, 4) is 5.69 Å². The second-order valence-electron chi connectivity index (χ2n) is 5.36. The van der Waals surface area contributed by atoms with Gasteiger partial charge in [-0.05, 0) is 19.1 Å². The number of H-pyrrole nitrogens is 1. The van der Waals surface area contributed by atoms with Crippen LogP contribution in [0.15, 0.2) is 49.3 Å². The number of nitrogens with one attached hydrogen (secondary N) is 2. The molecule has 0 fully saturated rings. The summed E-state index contributed by atoms with van der Waals surface area (Å²) < 4.78 is 15.4. The summed E-state index contributed by atoms with van der Waals surface area (Å²) in [7, 11) is 0. The second-order valence-corrected chi connectivity index (χ2v) is 5.36. The van der Waals surface area contributed by atoms with E-state index < -0.39 is 0 Å². The minimum atomic E-state index is -0.318. The average Bonchev–Trinajstić information content (AvgIpc) is 3.25. The number of imidazole rings is 1. The van der Waals surface area contributed by atoms with Crippen LogP contribution >= 0.6 is 0 Å². The average molecular weight is 323 g/mol. The van der Waals surface area contributed by atoms with E-state index in [-0.39, 0.29) is 11.9 Å². The van der Waals surface area contributed by atoms with E-state index in [1.807, 2.05) is 6.92 Å². The zero-order valence-electron chi connectivity index (χ0n) is 12.8. The van der Waals surface area contributed by atoms with Crippen LogP contribution < -0.4 is 5.32 Å². The highest BCUT2D eigenvalue weighted by Gasteiger charge is 2.13. The maximum atomic E-state index is 13.9. The third-order valence-electron chi connectivity index (χ3n) is 3.77. The number of anilines is 1. The summed E-state index contributed by atoms with van der Waals surface area (Å²) >= 11 is 0. The standard InChI is InChI=1S/C16H14FN7/c1-10(23-16-14-15(19-8-18-14)20-9-21-16)11-6-22-24(7-11)13-5-3-2-4-12(13)17/h2-10H,1H3,(H2,18,19,20,21,23). The first kappa shape index (κ1) is 14.3. The maximum Gasteiger partial charge on any atom is 0.162 e. The van der Waals surface area contributed by atoms with Gasteiger partial charge in [0.05, 0.1) is 18.6 Å². The van der Waals surface area contributed by atoms with Crippen molar-refractivity contribution in [2.24, 2.45) is 0 Å². The fraction of sp³-hybridized carbons (Fsp3) is 0.125. The lowest BCUT2D eigenvalue weighted by molar-refractivity contribution is 0.611. The lowest BCUT2D eigenvalue weighted by atomic mass is 10.2. The maximum absolute atomic E-state index is 13.9. The molecule has 0 aliphatic rings. The third kappa shape index (κ3) is 2.47. The Bertz CT molecular complexity index is 991. The molecule has 3 aromatic heterocycles. The van der Waals surface area contributed by atoms with Crippen molar-refractivity contribution in [3.63, 3.8) is 0 Å². The zero-order chi connectivity index (χ0) is 16.5. The van der Waals surface area contributed by atoms with Crippen LogP contribution in [-0.4, -0.2) is 29.7 Å². The smallest absolute Gasteiger partial charge is 0.162 e. The number of aromatic amines is 1. The summed E-state index contributed by atoms with van der Waals surface area (Å²) in [5.74, 6) is 0.314. The third-order valence-corrected chi connectivity index (χ3v) is 3.77. The van der Waals surface area contributed by atoms with Gasteiger partial charge in [-0.2, -0.15) is 5.10 Å². The molecule has 4 rings (SSSR count). The predicted molar refractivity (Wildman–Crippen MR) is 87.2 cm³/mol. The van der Waals surface area contributed by atoms with Crippen molar-refractivity contribution < 1.29 is 4.39 Å². The molecule has 1 aromatic carbocycles. The Labute approximate surface area is 136 Å². The highest BCUT2D eigenvalue weighted by atomic mass is 19.1. The van der Waals surface area contributed by atoms with E-state index in [1.165, 1.54) is 17.1 Å². The van der Waals surface area contributed by atoms with E-state index in [4.69, 9.17) is 0 Å². The van der Waals surface area contributed by atoms with E-state index in [9.17, 15) is 4.39 Å². The fourth-order valence-electron chi connectivity index (χ4n) is 2.49. The van der Waals surface area contributed by atoms with Crippen molar-refractivity contribution in [2.45, 2.75) is 13.0 Å². The fourth-order valence-corrected chi connectivity index (χ4v) is 2.49. The molecular weight excluding hydrogens is 309 g/mol. The van der Waals surface area contributed by atoms with Gasteiger partial charge in [0.1, 0.15) is 23.3 Å². The number of hydrogen-bond donors (Lipinski definition) is 2. The molecule has 0 amide bonds. The first-order valence-electron chi connectivity index (χ1n) is 7.42. The SMILES string of the molecule is CC(Nc1ncnc2[nH]cnc12)c1cnn(-c2ccccc2F)c1. The van der Waals surface area contributed by atoms with Crippen molar-refractivity contribution in [3.05, 3.63) is 60.7 Å². The largest absolute Gasteiger partial charge is 0.361 e. The minimum absolute atomic E-state index is 0.0830. The molecule has 120 valence electrons. The van der Waals surface area contributed by atoms with Crippen molar-refractivity contribution in [1.29, 1.82) is 0 Å². The van der Waals surface area contributed by atoms with Gasteiger partial charge in [-0.25, -0.2) is 24.0 Å². The zero-order valence-corrected chi connectivity index (χ0v) is 12.8. The molecule has 0 radical (unpaired) electrons.